The minimum atomic E-state index is -1.65. The predicted molar refractivity (Wildman–Crippen MR) is 170 cm³/mol. The molecule has 0 spiro atoms. The highest BCUT2D eigenvalue weighted by Crippen LogP contribution is 2.08. The summed E-state index contributed by atoms with van der Waals surface area (Å²) in [4.78, 5) is 110. The summed E-state index contributed by atoms with van der Waals surface area (Å²) < 4.78 is 0. The van der Waals surface area contributed by atoms with Crippen LogP contribution in [0.25, 0.3) is 0 Å². The van der Waals surface area contributed by atoms with Gasteiger partial charge in [-0.1, -0.05) is 30.3 Å². The second kappa shape index (κ2) is 21.4. The van der Waals surface area contributed by atoms with Crippen molar-refractivity contribution in [2.75, 3.05) is 6.54 Å². The molecule has 1 rings (SSSR count). The second-order valence-electron chi connectivity index (χ2n) is 11.2. The summed E-state index contributed by atoms with van der Waals surface area (Å²) in [5, 5.41) is 48.4. The van der Waals surface area contributed by atoms with E-state index in [1.54, 1.807) is 30.3 Å². The quantitative estimate of drug-likeness (QED) is 0.0517. The summed E-state index contributed by atoms with van der Waals surface area (Å²) in [5.74, 6) is -10.1. The molecule has 1 aromatic carbocycles. The third-order valence-electron chi connectivity index (χ3n) is 7.03. The summed E-state index contributed by atoms with van der Waals surface area (Å²) in [7, 11) is 0. The first-order valence-electron chi connectivity index (χ1n) is 15.3. The molecule has 0 aromatic heterocycles. The summed E-state index contributed by atoms with van der Waals surface area (Å²) >= 11 is 0. The number of carbonyl (C=O) groups excluding carboxylic acids is 6. The van der Waals surface area contributed by atoms with Crippen LogP contribution in [-0.4, -0.2) is 117 Å². The van der Waals surface area contributed by atoms with Crippen molar-refractivity contribution in [2.24, 2.45) is 11.5 Å². The van der Waals surface area contributed by atoms with Gasteiger partial charge in [-0.3, -0.25) is 38.4 Å². The normalized spacial score (nSPS) is 14.3. The van der Waals surface area contributed by atoms with E-state index in [-0.39, 0.29) is 12.8 Å². The average molecular weight is 710 g/mol. The van der Waals surface area contributed by atoms with Crippen LogP contribution in [0.2, 0.25) is 0 Å². The smallest absolute Gasteiger partial charge is 0.326 e. The molecule has 6 amide bonds. The highest BCUT2D eigenvalue weighted by atomic mass is 16.4. The molecule has 276 valence electrons. The van der Waals surface area contributed by atoms with E-state index in [1.165, 1.54) is 6.92 Å². The van der Waals surface area contributed by atoms with Gasteiger partial charge < -0.3 is 58.5 Å². The van der Waals surface area contributed by atoms with E-state index in [2.05, 4.69) is 26.6 Å². The fraction of sp³-hybridized carbons (Fsp3) is 0.500. The average Bonchev–Trinajstić information content (AvgIpc) is 3.04. The van der Waals surface area contributed by atoms with Crippen molar-refractivity contribution >= 4 is 53.4 Å². The Morgan fingerprint density at radius 2 is 1.12 bits per heavy atom. The zero-order chi connectivity index (χ0) is 38.0. The maximum Gasteiger partial charge on any atom is 0.326 e. The van der Waals surface area contributed by atoms with Gasteiger partial charge in [-0.2, -0.15) is 0 Å². The lowest BCUT2D eigenvalue weighted by atomic mass is 10.0. The molecule has 13 N–H and O–H groups in total. The van der Waals surface area contributed by atoms with Gasteiger partial charge >= 0.3 is 17.9 Å². The molecule has 0 saturated heterocycles. The Morgan fingerprint density at radius 3 is 1.62 bits per heavy atom. The van der Waals surface area contributed by atoms with Crippen molar-refractivity contribution in [1.29, 1.82) is 0 Å². The van der Waals surface area contributed by atoms with Gasteiger partial charge in [0.1, 0.15) is 30.2 Å². The van der Waals surface area contributed by atoms with Crippen molar-refractivity contribution in [3.63, 3.8) is 0 Å². The van der Waals surface area contributed by atoms with E-state index >= 15 is 0 Å². The minimum Gasteiger partial charge on any atom is -0.481 e. The molecular weight excluding hydrogens is 666 g/mol. The van der Waals surface area contributed by atoms with E-state index in [4.69, 9.17) is 16.6 Å². The van der Waals surface area contributed by atoms with Crippen molar-refractivity contribution in [2.45, 2.75) is 88.2 Å². The van der Waals surface area contributed by atoms with E-state index in [0.717, 1.165) is 0 Å². The van der Waals surface area contributed by atoms with Crippen molar-refractivity contribution in [3.05, 3.63) is 35.9 Å². The SMILES string of the molecule is C[C@@H](O)[C@H](N)C(=O)NCC(=O)N[C@@H](CCC(N)=O)C(=O)N[C@@H](CCC(=O)O)C(=O)N[C@@H](Cc1ccccc1)C(=O)N[C@@H](CCC(=O)O)C(=O)O. The molecule has 0 saturated carbocycles. The van der Waals surface area contributed by atoms with Crippen LogP contribution in [0.4, 0.5) is 0 Å². The van der Waals surface area contributed by atoms with Crippen molar-refractivity contribution in [3.8, 4) is 0 Å². The molecule has 50 heavy (non-hydrogen) atoms. The Bertz CT molecular complexity index is 1390. The van der Waals surface area contributed by atoms with Crippen LogP contribution in [0, 0.1) is 0 Å². The molecule has 6 atom stereocenters. The number of carbonyl (C=O) groups is 9. The van der Waals surface area contributed by atoms with Crippen LogP contribution in [0.5, 0.6) is 0 Å². The van der Waals surface area contributed by atoms with Crippen molar-refractivity contribution in [1.82, 2.24) is 26.6 Å². The highest BCUT2D eigenvalue weighted by Gasteiger charge is 2.32. The molecular formula is C30H43N7O13. The van der Waals surface area contributed by atoms with E-state index in [9.17, 15) is 58.5 Å². The fourth-order valence-corrected chi connectivity index (χ4v) is 4.24. The molecule has 0 unspecified atom stereocenters. The minimum absolute atomic E-state index is 0.203. The second-order valence-corrected chi connectivity index (χ2v) is 11.2. The first-order valence-corrected chi connectivity index (χ1v) is 15.3. The Balaban J connectivity index is 3.26. The summed E-state index contributed by atoms with van der Waals surface area (Å²) in [6, 6.07) is 0.440. The lowest BCUT2D eigenvalue weighted by Crippen LogP contribution is -2.58. The van der Waals surface area contributed by atoms with E-state index < -0.39 is 128 Å². The molecule has 20 heteroatoms. The van der Waals surface area contributed by atoms with E-state index in [1.807, 2.05) is 0 Å². The van der Waals surface area contributed by atoms with Gasteiger partial charge in [0, 0.05) is 25.7 Å². The van der Waals surface area contributed by atoms with Gasteiger partial charge in [-0.25, -0.2) is 4.79 Å². The first kappa shape index (κ1) is 42.4. The monoisotopic (exact) mass is 709 g/mol. The summed E-state index contributed by atoms with van der Waals surface area (Å²) in [5.41, 5.74) is 11.2. The Kier molecular flexibility index (Phi) is 18.1. The number of hydrogen-bond acceptors (Lipinski definition) is 11. The lowest BCUT2D eigenvalue weighted by molar-refractivity contribution is -0.143. The number of nitrogens with two attached hydrogens (primary N) is 2. The Labute approximate surface area is 285 Å². The number of aliphatic hydroxyl groups is 1. The number of rotatable bonds is 23. The molecule has 0 aliphatic carbocycles. The fourth-order valence-electron chi connectivity index (χ4n) is 4.24. The number of benzene rings is 1. The van der Waals surface area contributed by atoms with Crippen LogP contribution >= 0.6 is 0 Å². The summed E-state index contributed by atoms with van der Waals surface area (Å²) in [6.07, 6.45) is -4.49. The zero-order valence-electron chi connectivity index (χ0n) is 27.1. The predicted octanol–water partition coefficient (Wildman–Crippen LogP) is -3.93. The molecule has 0 radical (unpaired) electrons. The number of nitrogens with one attached hydrogen (secondary N) is 5. The third-order valence-corrected chi connectivity index (χ3v) is 7.03. The number of aliphatic carboxylic acids is 3. The highest BCUT2D eigenvalue weighted by molar-refractivity contribution is 5.96. The van der Waals surface area contributed by atoms with Gasteiger partial charge in [-0.15, -0.1) is 0 Å². The van der Waals surface area contributed by atoms with Crippen LogP contribution < -0.4 is 38.1 Å². The lowest BCUT2D eigenvalue weighted by Gasteiger charge is -2.26. The number of carboxylic acid groups (broad SMARTS) is 3. The molecule has 1 aromatic rings. The zero-order valence-corrected chi connectivity index (χ0v) is 27.1. The summed E-state index contributed by atoms with van der Waals surface area (Å²) in [6.45, 7) is 0.541. The van der Waals surface area contributed by atoms with Crippen LogP contribution in [0.3, 0.4) is 0 Å². The number of carboxylic acids is 3. The van der Waals surface area contributed by atoms with Crippen LogP contribution in [-0.2, 0) is 49.6 Å². The molecule has 0 aliphatic rings. The van der Waals surface area contributed by atoms with Gasteiger partial charge in [-0.05, 0) is 31.7 Å². The standard InChI is InChI=1S/C30H43N7O13/c1-15(38)25(32)29(48)33-14-22(40)34-17(7-10-21(31)39)26(45)35-18(8-11-23(41)42)27(46)37-20(13-16-5-3-2-4-6-16)28(47)36-19(30(49)50)9-12-24(43)44/h2-6,15,17-20,25,38H,7-14,32H2,1H3,(H2,31,39)(H,33,48)(H,34,40)(H,35,45)(H,36,47)(H,37,46)(H,41,42)(H,43,44)(H,49,50)/t15-,17+,18+,19+,20+,25+/m1/s1. The first-order chi connectivity index (χ1) is 23.4. The molecule has 0 heterocycles. The van der Waals surface area contributed by atoms with Gasteiger partial charge in [0.25, 0.3) is 0 Å². The topological polar surface area (TPSA) is 347 Å². The van der Waals surface area contributed by atoms with Gasteiger partial charge in [0.05, 0.1) is 12.6 Å². The van der Waals surface area contributed by atoms with Gasteiger partial charge in [0.2, 0.25) is 35.4 Å². The molecule has 0 fully saturated rings. The largest absolute Gasteiger partial charge is 0.481 e. The molecule has 0 bridgehead atoms. The van der Waals surface area contributed by atoms with Crippen LogP contribution in [0.1, 0.15) is 51.0 Å². The number of hydrogen-bond donors (Lipinski definition) is 11. The number of aliphatic hydroxyl groups excluding tert-OH is 1. The maximum absolute atomic E-state index is 13.5. The Hall–Kier alpha value is -5.63. The third kappa shape index (κ3) is 16.5. The number of amides is 6. The van der Waals surface area contributed by atoms with Gasteiger partial charge in [0.15, 0.2) is 0 Å². The maximum atomic E-state index is 13.5. The molecule has 0 aliphatic heterocycles. The number of primary amides is 1. The van der Waals surface area contributed by atoms with E-state index in [0.29, 0.717) is 5.56 Å². The molecule has 20 nitrogen and oxygen atoms in total. The Morgan fingerprint density at radius 1 is 0.660 bits per heavy atom. The van der Waals surface area contributed by atoms with Crippen LogP contribution in [0.15, 0.2) is 30.3 Å². The van der Waals surface area contributed by atoms with Crippen molar-refractivity contribution < 1.29 is 63.6 Å².